The molecule has 72 valence electrons. The van der Waals surface area contributed by atoms with Crippen LogP contribution in [-0.2, 0) is 0 Å². The zero-order valence-electron chi connectivity index (χ0n) is 8.40. The van der Waals surface area contributed by atoms with Crippen LogP contribution < -0.4 is 4.74 Å². The quantitative estimate of drug-likeness (QED) is 0.681. The zero-order chi connectivity index (χ0) is 10.4. The Kier molecular flexibility index (Phi) is 3.75. The smallest absolute Gasteiger partial charge is 0.126 e. The summed E-state index contributed by atoms with van der Waals surface area (Å²) in [6, 6.07) is 9.62. The van der Waals surface area contributed by atoms with Crippen molar-refractivity contribution in [3.63, 3.8) is 0 Å². The van der Waals surface area contributed by atoms with Gasteiger partial charge in [0, 0.05) is 11.6 Å². The molecule has 0 amide bonds. The average Bonchev–Trinajstić information content (AvgIpc) is 2.16. The van der Waals surface area contributed by atoms with Gasteiger partial charge in [0.2, 0.25) is 0 Å². The van der Waals surface area contributed by atoms with Gasteiger partial charge in [-0.25, -0.2) is 0 Å². The van der Waals surface area contributed by atoms with Crippen molar-refractivity contribution in [3.8, 4) is 11.8 Å². The van der Waals surface area contributed by atoms with E-state index in [2.05, 4.69) is 0 Å². The molecule has 0 fully saturated rings. The fraction of sp³-hybridized carbons (Fsp3) is 0.250. The number of ether oxygens (including phenoxy) is 1. The van der Waals surface area contributed by atoms with Crippen molar-refractivity contribution in [3.05, 3.63) is 35.9 Å². The van der Waals surface area contributed by atoms with E-state index in [0.717, 1.165) is 11.3 Å². The molecular weight excluding hydrogens is 174 g/mol. The van der Waals surface area contributed by atoms with Crippen molar-refractivity contribution in [1.29, 1.82) is 5.26 Å². The molecule has 0 spiro atoms. The minimum Gasteiger partial charge on any atom is -0.490 e. The molecule has 0 aliphatic heterocycles. The van der Waals surface area contributed by atoms with E-state index < -0.39 is 0 Å². The number of nitriles is 1. The van der Waals surface area contributed by atoms with Crippen LogP contribution in [0.2, 0.25) is 0 Å². The Labute approximate surface area is 84.4 Å². The minimum absolute atomic E-state index is 0.145. The SMILES string of the molecule is CC(C)Oc1ccccc1C=CC#N. The average molecular weight is 187 g/mol. The third-order valence-electron chi connectivity index (χ3n) is 1.62. The summed E-state index contributed by atoms with van der Waals surface area (Å²) in [6.07, 6.45) is 3.34. The fourth-order valence-corrected chi connectivity index (χ4v) is 1.11. The van der Waals surface area contributed by atoms with Crippen LogP contribution in [-0.4, -0.2) is 6.10 Å². The lowest BCUT2D eigenvalue weighted by Gasteiger charge is -2.11. The van der Waals surface area contributed by atoms with Crippen molar-refractivity contribution >= 4 is 6.08 Å². The van der Waals surface area contributed by atoms with Gasteiger partial charge in [0.15, 0.2) is 0 Å². The molecule has 0 atom stereocenters. The van der Waals surface area contributed by atoms with Crippen LogP contribution in [0.25, 0.3) is 6.08 Å². The summed E-state index contributed by atoms with van der Waals surface area (Å²) in [6.45, 7) is 3.95. The zero-order valence-corrected chi connectivity index (χ0v) is 8.40. The number of rotatable bonds is 3. The van der Waals surface area contributed by atoms with Gasteiger partial charge < -0.3 is 4.74 Å². The van der Waals surface area contributed by atoms with Crippen LogP contribution in [0.3, 0.4) is 0 Å². The standard InChI is InChI=1S/C12H13NO/c1-10(2)14-12-8-4-3-6-11(12)7-5-9-13/h3-8,10H,1-2H3. The highest BCUT2D eigenvalue weighted by atomic mass is 16.5. The molecule has 0 N–H and O–H groups in total. The Balaban J connectivity index is 2.92. The molecule has 1 rings (SSSR count). The molecule has 0 saturated heterocycles. The van der Waals surface area contributed by atoms with E-state index in [1.54, 1.807) is 6.08 Å². The second-order valence-electron chi connectivity index (χ2n) is 3.17. The number of hydrogen-bond acceptors (Lipinski definition) is 2. The van der Waals surface area contributed by atoms with Gasteiger partial charge in [-0.05, 0) is 26.0 Å². The van der Waals surface area contributed by atoms with E-state index in [-0.39, 0.29) is 6.10 Å². The van der Waals surface area contributed by atoms with Crippen molar-refractivity contribution in [1.82, 2.24) is 0 Å². The molecule has 0 radical (unpaired) electrons. The van der Waals surface area contributed by atoms with Crippen LogP contribution in [0.4, 0.5) is 0 Å². The third kappa shape index (κ3) is 2.95. The second kappa shape index (κ2) is 5.08. The van der Waals surface area contributed by atoms with Gasteiger partial charge in [-0.1, -0.05) is 18.2 Å². The normalized spacial score (nSPS) is 10.4. The molecule has 1 aromatic carbocycles. The number of hydrogen-bond donors (Lipinski definition) is 0. The van der Waals surface area contributed by atoms with E-state index >= 15 is 0 Å². The van der Waals surface area contributed by atoms with Crippen LogP contribution in [0.15, 0.2) is 30.3 Å². The maximum absolute atomic E-state index is 8.42. The Morgan fingerprint density at radius 2 is 2.07 bits per heavy atom. The van der Waals surface area contributed by atoms with Crippen molar-refractivity contribution in [2.75, 3.05) is 0 Å². The highest BCUT2D eigenvalue weighted by molar-refractivity contribution is 5.58. The summed E-state index contributed by atoms with van der Waals surface area (Å²) in [4.78, 5) is 0. The van der Waals surface area contributed by atoms with Gasteiger partial charge in [0.25, 0.3) is 0 Å². The van der Waals surface area contributed by atoms with Gasteiger partial charge in [0.05, 0.1) is 12.2 Å². The predicted molar refractivity (Wildman–Crippen MR) is 56.9 cm³/mol. The summed E-state index contributed by atoms with van der Waals surface area (Å²) in [5, 5.41) is 8.42. The Morgan fingerprint density at radius 1 is 1.36 bits per heavy atom. The maximum Gasteiger partial charge on any atom is 0.126 e. The predicted octanol–water partition coefficient (Wildman–Crippen LogP) is 3.01. The molecule has 2 nitrogen and oxygen atoms in total. The summed E-state index contributed by atoms with van der Waals surface area (Å²) >= 11 is 0. The molecule has 0 heterocycles. The van der Waals surface area contributed by atoms with Gasteiger partial charge >= 0.3 is 0 Å². The van der Waals surface area contributed by atoms with Crippen LogP contribution in [0.1, 0.15) is 19.4 Å². The molecule has 2 heteroatoms. The summed E-state index contributed by atoms with van der Waals surface area (Å²) in [5.74, 6) is 0.814. The molecule has 1 aromatic rings. The van der Waals surface area contributed by atoms with Gasteiger partial charge in [-0.2, -0.15) is 5.26 Å². The van der Waals surface area contributed by atoms with Crippen LogP contribution in [0, 0.1) is 11.3 Å². The lowest BCUT2D eigenvalue weighted by atomic mass is 10.2. The van der Waals surface area contributed by atoms with Crippen LogP contribution in [0.5, 0.6) is 5.75 Å². The molecule has 0 aliphatic carbocycles. The first-order chi connectivity index (χ1) is 6.74. The van der Waals surface area contributed by atoms with Gasteiger partial charge in [-0.3, -0.25) is 0 Å². The number of allylic oxidation sites excluding steroid dienone is 1. The first-order valence-electron chi connectivity index (χ1n) is 4.56. The van der Waals surface area contributed by atoms with Crippen LogP contribution >= 0.6 is 0 Å². The van der Waals surface area contributed by atoms with Gasteiger partial charge in [-0.15, -0.1) is 0 Å². The highest BCUT2D eigenvalue weighted by Crippen LogP contribution is 2.20. The van der Waals surface area contributed by atoms with E-state index in [4.69, 9.17) is 10.00 Å². The summed E-state index contributed by atoms with van der Waals surface area (Å²) in [7, 11) is 0. The fourth-order valence-electron chi connectivity index (χ4n) is 1.11. The third-order valence-corrected chi connectivity index (χ3v) is 1.62. The van der Waals surface area contributed by atoms with E-state index in [1.807, 2.05) is 44.2 Å². The molecule has 14 heavy (non-hydrogen) atoms. The van der Waals surface area contributed by atoms with E-state index in [1.165, 1.54) is 6.08 Å². The summed E-state index contributed by atoms with van der Waals surface area (Å²) < 4.78 is 5.58. The Bertz CT molecular complexity index is 361. The molecule has 0 aliphatic rings. The molecule has 0 unspecified atom stereocenters. The number of nitrogens with zero attached hydrogens (tertiary/aromatic N) is 1. The Morgan fingerprint density at radius 3 is 2.71 bits per heavy atom. The van der Waals surface area contributed by atoms with Gasteiger partial charge in [0.1, 0.15) is 5.75 Å². The van der Waals surface area contributed by atoms with Crippen molar-refractivity contribution in [2.45, 2.75) is 20.0 Å². The van der Waals surface area contributed by atoms with Crippen molar-refractivity contribution in [2.24, 2.45) is 0 Å². The number of para-hydroxylation sites is 1. The van der Waals surface area contributed by atoms with E-state index in [0.29, 0.717) is 0 Å². The maximum atomic E-state index is 8.42. The monoisotopic (exact) mass is 187 g/mol. The first kappa shape index (κ1) is 10.3. The lowest BCUT2D eigenvalue weighted by Crippen LogP contribution is -2.06. The van der Waals surface area contributed by atoms with E-state index in [9.17, 15) is 0 Å². The molecule has 0 saturated carbocycles. The lowest BCUT2D eigenvalue weighted by molar-refractivity contribution is 0.242. The topological polar surface area (TPSA) is 33.0 Å². The highest BCUT2D eigenvalue weighted by Gasteiger charge is 2.00. The molecule has 0 bridgehead atoms. The molecule has 0 aromatic heterocycles. The Hall–Kier alpha value is -1.75. The van der Waals surface area contributed by atoms with Crippen molar-refractivity contribution < 1.29 is 4.74 Å². The first-order valence-corrected chi connectivity index (χ1v) is 4.56. The molecular formula is C12H13NO. The minimum atomic E-state index is 0.145. The number of benzene rings is 1. The second-order valence-corrected chi connectivity index (χ2v) is 3.17. The largest absolute Gasteiger partial charge is 0.490 e. The summed E-state index contributed by atoms with van der Waals surface area (Å²) in [5.41, 5.74) is 0.933.